The Hall–Kier alpha value is -1.93. The molecule has 1 N–H and O–H groups in total. The SMILES string of the molecule is CCC(=N)C(c1ccccc1)(c1ccccc1)[C@H](C)CN(C)C. The van der Waals surface area contributed by atoms with Gasteiger partial charge in [0.25, 0.3) is 0 Å². The molecule has 0 heterocycles. The van der Waals surface area contributed by atoms with Gasteiger partial charge >= 0.3 is 0 Å². The van der Waals surface area contributed by atoms with Crippen LogP contribution >= 0.6 is 0 Å². The van der Waals surface area contributed by atoms with E-state index in [-0.39, 0.29) is 5.41 Å². The molecular weight excluding hydrogens is 280 g/mol. The Bertz CT molecular complexity index is 577. The fourth-order valence-corrected chi connectivity index (χ4v) is 3.75. The molecule has 0 unspecified atom stereocenters. The van der Waals surface area contributed by atoms with Crippen LogP contribution in [0.2, 0.25) is 0 Å². The van der Waals surface area contributed by atoms with E-state index in [2.05, 4.69) is 81.4 Å². The minimum atomic E-state index is -0.373. The van der Waals surface area contributed by atoms with Crippen molar-refractivity contribution in [3.63, 3.8) is 0 Å². The third-order valence-corrected chi connectivity index (χ3v) is 4.67. The number of rotatable bonds is 7. The van der Waals surface area contributed by atoms with Crippen LogP contribution in [0.1, 0.15) is 31.4 Å². The van der Waals surface area contributed by atoms with Crippen molar-refractivity contribution in [2.45, 2.75) is 25.7 Å². The summed E-state index contributed by atoms with van der Waals surface area (Å²) in [5.41, 5.74) is 2.84. The van der Waals surface area contributed by atoms with E-state index in [0.29, 0.717) is 5.92 Å². The van der Waals surface area contributed by atoms with Gasteiger partial charge in [0.1, 0.15) is 0 Å². The molecule has 0 amide bonds. The van der Waals surface area contributed by atoms with Crippen LogP contribution in [0.5, 0.6) is 0 Å². The molecule has 0 saturated heterocycles. The average Bonchev–Trinajstić information content (AvgIpc) is 2.56. The van der Waals surface area contributed by atoms with Crippen molar-refractivity contribution in [2.75, 3.05) is 20.6 Å². The summed E-state index contributed by atoms with van der Waals surface area (Å²) >= 11 is 0. The molecule has 0 bridgehead atoms. The van der Waals surface area contributed by atoms with Gasteiger partial charge in [-0.1, -0.05) is 74.5 Å². The first-order valence-corrected chi connectivity index (χ1v) is 8.37. The van der Waals surface area contributed by atoms with Crippen molar-refractivity contribution in [1.82, 2.24) is 4.90 Å². The molecule has 0 fully saturated rings. The summed E-state index contributed by atoms with van der Waals surface area (Å²) < 4.78 is 0. The maximum Gasteiger partial charge on any atom is 0.0615 e. The summed E-state index contributed by atoms with van der Waals surface area (Å²) in [6, 6.07) is 21.1. The number of hydrogen-bond acceptors (Lipinski definition) is 2. The lowest BCUT2D eigenvalue weighted by atomic mass is 9.62. The van der Waals surface area contributed by atoms with Gasteiger partial charge in [-0.05, 0) is 37.6 Å². The Morgan fingerprint density at radius 2 is 1.39 bits per heavy atom. The lowest BCUT2D eigenvalue weighted by molar-refractivity contribution is 0.294. The summed E-state index contributed by atoms with van der Waals surface area (Å²) in [7, 11) is 4.21. The van der Waals surface area contributed by atoms with Gasteiger partial charge in [-0.15, -0.1) is 0 Å². The lowest BCUT2D eigenvalue weighted by Gasteiger charge is -2.42. The van der Waals surface area contributed by atoms with Gasteiger partial charge in [0.05, 0.1) is 5.41 Å². The van der Waals surface area contributed by atoms with Crippen LogP contribution in [-0.4, -0.2) is 31.3 Å². The van der Waals surface area contributed by atoms with E-state index in [0.717, 1.165) is 18.7 Å². The predicted molar refractivity (Wildman–Crippen MR) is 99.4 cm³/mol. The number of benzene rings is 2. The second-order valence-electron chi connectivity index (χ2n) is 6.54. The molecule has 0 aromatic heterocycles. The third kappa shape index (κ3) is 3.37. The van der Waals surface area contributed by atoms with Gasteiger partial charge in [0.15, 0.2) is 0 Å². The summed E-state index contributed by atoms with van der Waals surface area (Å²) in [6.07, 6.45) is 0.752. The van der Waals surface area contributed by atoms with Gasteiger partial charge in [0, 0.05) is 12.3 Å². The van der Waals surface area contributed by atoms with Gasteiger partial charge in [-0.3, -0.25) is 0 Å². The maximum absolute atomic E-state index is 8.87. The number of nitrogens with zero attached hydrogens (tertiary/aromatic N) is 1. The van der Waals surface area contributed by atoms with Crippen LogP contribution in [0.3, 0.4) is 0 Å². The zero-order valence-electron chi connectivity index (χ0n) is 14.7. The minimum absolute atomic E-state index is 0.301. The first-order valence-electron chi connectivity index (χ1n) is 8.37. The highest BCUT2D eigenvalue weighted by molar-refractivity contribution is 5.96. The van der Waals surface area contributed by atoms with Crippen molar-refractivity contribution < 1.29 is 0 Å². The van der Waals surface area contributed by atoms with Crippen molar-refractivity contribution in [3.8, 4) is 0 Å². The van der Waals surface area contributed by atoms with E-state index in [9.17, 15) is 0 Å². The second-order valence-corrected chi connectivity index (χ2v) is 6.54. The molecule has 2 rings (SSSR count). The predicted octanol–water partition coefficient (Wildman–Crippen LogP) is 4.60. The van der Waals surface area contributed by atoms with Crippen LogP contribution in [0.15, 0.2) is 60.7 Å². The van der Waals surface area contributed by atoms with Crippen LogP contribution < -0.4 is 0 Å². The topological polar surface area (TPSA) is 27.1 Å². The molecule has 23 heavy (non-hydrogen) atoms. The highest BCUT2D eigenvalue weighted by Gasteiger charge is 2.42. The first kappa shape index (κ1) is 17.4. The van der Waals surface area contributed by atoms with E-state index in [1.807, 2.05) is 12.1 Å². The molecule has 2 aromatic rings. The van der Waals surface area contributed by atoms with Crippen LogP contribution in [0.25, 0.3) is 0 Å². The van der Waals surface area contributed by atoms with E-state index >= 15 is 0 Å². The Morgan fingerprint density at radius 1 is 0.957 bits per heavy atom. The largest absolute Gasteiger partial charge is 0.309 e. The molecule has 2 aromatic carbocycles. The van der Waals surface area contributed by atoms with Crippen LogP contribution in [-0.2, 0) is 5.41 Å². The highest BCUT2D eigenvalue weighted by Crippen LogP contribution is 2.41. The average molecular weight is 308 g/mol. The smallest absolute Gasteiger partial charge is 0.0615 e. The lowest BCUT2D eigenvalue weighted by Crippen LogP contribution is -2.46. The number of hydrogen-bond donors (Lipinski definition) is 1. The number of nitrogens with one attached hydrogen (secondary N) is 1. The normalized spacial score (nSPS) is 13.1. The summed E-state index contributed by atoms with van der Waals surface area (Å²) in [6.45, 7) is 5.29. The molecule has 2 nitrogen and oxygen atoms in total. The molecule has 1 atom stereocenters. The summed E-state index contributed by atoms with van der Waals surface area (Å²) in [4.78, 5) is 2.22. The Kier molecular flexibility index (Phi) is 5.73. The second kappa shape index (κ2) is 7.56. The molecular formula is C21H28N2. The van der Waals surface area contributed by atoms with E-state index in [1.165, 1.54) is 11.1 Å². The van der Waals surface area contributed by atoms with E-state index < -0.39 is 0 Å². The fourth-order valence-electron chi connectivity index (χ4n) is 3.75. The van der Waals surface area contributed by atoms with Crippen molar-refractivity contribution in [1.29, 1.82) is 5.41 Å². The zero-order chi connectivity index (χ0) is 16.9. The molecule has 0 aliphatic carbocycles. The highest BCUT2D eigenvalue weighted by atomic mass is 15.1. The van der Waals surface area contributed by atoms with Gasteiger partial charge in [0.2, 0.25) is 0 Å². The molecule has 0 radical (unpaired) electrons. The standard InChI is InChI=1S/C21H28N2/c1-5-20(22)21(17(2)16-23(3)4,18-12-8-6-9-13-18)19-14-10-7-11-15-19/h6-15,17,22H,5,16H2,1-4H3/t17-/m1/s1. The molecule has 0 aliphatic heterocycles. The van der Waals surface area contributed by atoms with E-state index in [1.54, 1.807) is 0 Å². The van der Waals surface area contributed by atoms with Gasteiger partial charge < -0.3 is 10.3 Å². The van der Waals surface area contributed by atoms with Crippen LogP contribution in [0, 0.1) is 11.3 Å². The molecule has 0 spiro atoms. The first-order chi connectivity index (χ1) is 11.0. The molecule has 122 valence electrons. The Balaban J connectivity index is 2.71. The summed E-state index contributed by atoms with van der Waals surface area (Å²) in [5, 5.41) is 8.87. The van der Waals surface area contributed by atoms with Gasteiger partial charge in [-0.2, -0.15) is 0 Å². The molecule has 0 aliphatic rings. The van der Waals surface area contributed by atoms with Gasteiger partial charge in [-0.25, -0.2) is 0 Å². The third-order valence-electron chi connectivity index (χ3n) is 4.67. The van der Waals surface area contributed by atoms with Crippen molar-refractivity contribution in [3.05, 3.63) is 71.8 Å². The Labute approximate surface area is 140 Å². The summed E-state index contributed by atoms with van der Waals surface area (Å²) in [5.74, 6) is 0.301. The zero-order valence-corrected chi connectivity index (χ0v) is 14.7. The quantitative estimate of drug-likeness (QED) is 0.744. The van der Waals surface area contributed by atoms with Crippen LogP contribution in [0.4, 0.5) is 0 Å². The molecule has 0 saturated carbocycles. The minimum Gasteiger partial charge on any atom is -0.309 e. The monoisotopic (exact) mass is 308 g/mol. The molecule has 2 heteroatoms. The van der Waals surface area contributed by atoms with Crippen molar-refractivity contribution >= 4 is 5.71 Å². The van der Waals surface area contributed by atoms with Crippen molar-refractivity contribution in [2.24, 2.45) is 5.92 Å². The Morgan fingerprint density at radius 3 is 1.74 bits per heavy atom. The maximum atomic E-state index is 8.87. The fraction of sp³-hybridized carbons (Fsp3) is 0.381. The van der Waals surface area contributed by atoms with E-state index in [4.69, 9.17) is 5.41 Å².